The Morgan fingerprint density at radius 2 is 2.14 bits per heavy atom. The van der Waals surface area contributed by atoms with E-state index in [1.165, 1.54) is 0 Å². The molecule has 0 radical (unpaired) electrons. The van der Waals surface area contributed by atoms with E-state index in [0.717, 1.165) is 6.42 Å². The maximum absolute atomic E-state index is 12.4. The van der Waals surface area contributed by atoms with Crippen molar-refractivity contribution < 1.29 is 17.9 Å². The molecule has 1 heterocycles. The molecule has 0 fully saturated rings. The van der Waals surface area contributed by atoms with Gasteiger partial charge in [-0.2, -0.15) is 13.2 Å². The van der Waals surface area contributed by atoms with Gasteiger partial charge in [-0.05, 0) is 12.0 Å². The fourth-order valence-electron chi connectivity index (χ4n) is 1.86. The van der Waals surface area contributed by atoms with Crippen LogP contribution < -0.4 is 0 Å². The molecule has 0 aromatic rings. The SMILES string of the molecule is CC1CC=CC2=C1OC(C(F)(F)F)C2. The molecule has 2 rings (SSSR count). The molecule has 0 aromatic carbocycles. The van der Waals surface area contributed by atoms with Gasteiger partial charge in [0.25, 0.3) is 0 Å². The van der Waals surface area contributed by atoms with Crippen LogP contribution in [0.1, 0.15) is 19.8 Å². The van der Waals surface area contributed by atoms with Gasteiger partial charge in [0.15, 0.2) is 6.10 Å². The van der Waals surface area contributed by atoms with Crippen molar-refractivity contribution in [3.63, 3.8) is 0 Å². The van der Waals surface area contributed by atoms with Gasteiger partial charge in [0.05, 0.1) is 0 Å². The van der Waals surface area contributed by atoms with Gasteiger partial charge >= 0.3 is 6.18 Å². The number of ether oxygens (including phenoxy) is 1. The molecule has 78 valence electrons. The summed E-state index contributed by atoms with van der Waals surface area (Å²) < 4.78 is 42.0. The van der Waals surface area contributed by atoms with Crippen molar-refractivity contribution in [2.45, 2.75) is 32.0 Å². The van der Waals surface area contributed by atoms with E-state index in [1.807, 2.05) is 13.0 Å². The van der Waals surface area contributed by atoms with Crippen molar-refractivity contribution in [1.29, 1.82) is 0 Å². The zero-order valence-corrected chi connectivity index (χ0v) is 7.77. The Bertz CT molecular complexity index is 301. The highest BCUT2D eigenvalue weighted by Gasteiger charge is 2.46. The van der Waals surface area contributed by atoms with Crippen LogP contribution in [0.5, 0.6) is 0 Å². The van der Waals surface area contributed by atoms with Gasteiger partial charge in [0.2, 0.25) is 0 Å². The first-order valence-electron chi connectivity index (χ1n) is 4.61. The zero-order valence-electron chi connectivity index (χ0n) is 7.77. The Balaban J connectivity index is 2.16. The standard InChI is InChI=1S/C10H11F3O/c1-6-3-2-4-7-5-8(10(11,12)13)14-9(6)7/h2,4,6,8H,3,5H2,1H3. The number of hydrogen-bond acceptors (Lipinski definition) is 1. The van der Waals surface area contributed by atoms with Crippen LogP contribution in [0.3, 0.4) is 0 Å². The third-order valence-corrected chi connectivity index (χ3v) is 2.61. The summed E-state index contributed by atoms with van der Waals surface area (Å²) in [6.45, 7) is 1.89. The Morgan fingerprint density at radius 1 is 1.43 bits per heavy atom. The molecule has 0 bridgehead atoms. The van der Waals surface area contributed by atoms with Gasteiger partial charge in [-0.25, -0.2) is 0 Å². The molecule has 0 amide bonds. The molecular weight excluding hydrogens is 193 g/mol. The smallest absolute Gasteiger partial charge is 0.425 e. The lowest BCUT2D eigenvalue weighted by Crippen LogP contribution is -2.28. The van der Waals surface area contributed by atoms with Crippen molar-refractivity contribution in [2.75, 3.05) is 0 Å². The summed E-state index contributed by atoms with van der Waals surface area (Å²) in [5.74, 6) is 0.622. The highest BCUT2D eigenvalue weighted by Crippen LogP contribution is 2.41. The molecule has 1 aliphatic heterocycles. The molecule has 0 saturated carbocycles. The monoisotopic (exact) mass is 204 g/mol. The quantitative estimate of drug-likeness (QED) is 0.588. The summed E-state index contributed by atoms with van der Waals surface area (Å²) >= 11 is 0. The van der Waals surface area contributed by atoms with Crippen LogP contribution in [0.4, 0.5) is 13.2 Å². The molecule has 0 saturated heterocycles. The van der Waals surface area contributed by atoms with Crippen molar-refractivity contribution in [2.24, 2.45) is 5.92 Å². The van der Waals surface area contributed by atoms with Gasteiger partial charge in [0.1, 0.15) is 5.76 Å². The number of hydrogen-bond donors (Lipinski definition) is 0. The Labute approximate surface area is 80.2 Å². The minimum atomic E-state index is -4.25. The summed E-state index contributed by atoms with van der Waals surface area (Å²) in [5.41, 5.74) is 0.714. The highest BCUT2D eigenvalue weighted by atomic mass is 19.4. The lowest BCUT2D eigenvalue weighted by Gasteiger charge is -2.19. The van der Waals surface area contributed by atoms with Crippen molar-refractivity contribution in [3.8, 4) is 0 Å². The van der Waals surface area contributed by atoms with Gasteiger partial charge in [0, 0.05) is 12.3 Å². The third-order valence-electron chi connectivity index (χ3n) is 2.61. The van der Waals surface area contributed by atoms with Crippen LogP contribution in [0.2, 0.25) is 0 Å². The maximum atomic E-state index is 12.4. The Kier molecular flexibility index (Phi) is 2.09. The maximum Gasteiger partial charge on any atom is 0.425 e. The fraction of sp³-hybridized carbons (Fsp3) is 0.600. The Hall–Kier alpha value is -0.930. The van der Waals surface area contributed by atoms with Crippen LogP contribution in [0, 0.1) is 5.92 Å². The summed E-state index contributed by atoms with van der Waals surface area (Å²) in [6.07, 6.45) is -1.47. The fourth-order valence-corrected chi connectivity index (χ4v) is 1.86. The van der Waals surface area contributed by atoms with E-state index in [2.05, 4.69) is 0 Å². The zero-order chi connectivity index (χ0) is 10.3. The summed E-state index contributed by atoms with van der Waals surface area (Å²) in [4.78, 5) is 0. The molecule has 14 heavy (non-hydrogen) atoms. The van der Waals surface area contributed by atoms with E-state index in [9.17, 15) is 13.2 Å². The molecule has 4 heteroatoms. The van der Waals surface area contributed by atoms with Crippen molar-refractivity contribution in [3.05, 3.63) is 23.5 Å². The highest BCUT2D eigenvalue weighted by molar-refractivity contribution is 5.32. The molecule has 2 aliphatic rings. The Morgan fingerprint density at radius 3 is 2.71 bits per heavy atom. The first-order chi connectivity index (χ1) is 6.48. The molecule has 0 spiro atoms. The molecule has 0 aromatic heterocycles. The van der Waals surface area contributed by atoms with E-state index < -0.39 is 12.3 Å². The topological polar surface area (TPSA) is 9.23 Å². The minimum absolute atomic E-state index is 0.0281. The molecule has 1 aliphatic carbocycles. The predicted octanol–water partition coefficient (Wildman–Crippen LogP) is 3.19. The third kappa shape index (κ3) is 1.53. The minimum Gasteiger partial charge on any atom is -0.484 e. The summed E-state index contributed by atoms with van der Waals surface area (Å²) in [6, 6.07) is 0. The predicted molar refractivity (Wildman–Crippen MR) is 45.5 cm³/mol. The second-order valence-corrected chi connectivity index (χ2v) is 3.78. The van der Waals surface area contributed by atoms with E-state index in [4.69, 9.17) is 4.74 Å². The van der Waals surface area contributed by atoms with Crippen molar-refractivity contribution >= 4 is 0 Å². The molecule has 0 N–H and O–H groups in total. The normalized spacial score (nSPS) is 31.7. The first-order valence-corrected chi connectivity index (χ1v) is 4.61. The molecule has 2 atom stereocenters. The van der Waals surface area contributed by atoms with E-state index in [1.54, 1.807) is 6.08 Å². The summed E-state index contributed by atoms with van der Waals surface area (Å²) in [5, 5.41) is 0. The van der Waals surface area contributed by atoms with Crippen LogP contribution >= 0.6 is 0 Å². The molecule has 2 unspecified atom stereocenters. The average Bonchev–Trinajstić information content (AvgIpc) is 2.48. The van der Waals surface area contributed by atoms with Gasteiger partial charge in [-0.1, -0.05) is 19.1 Å². The lowest BCUT2D eigenvalue weighted by atomic mass is 9.95. The number of halogens is 3. The largest absolute Gasteiger partial charge is 0.484 e. The van der Waals surface area contributed by atoms with E-state index in [0.29, 0.717) is 11.3 Å². The first kappa shape index (κ1) is 9.62. The molecule has 1 nitrogen and oxygen atoms in total. The van der Waals surface area contributed by atoms with Crippen LogP contribution in [0.25, 0.3) is 0 Å². The van der Waals surface area contributed by atoms with E-state index in [-0.39, 0.29) is 12.3 Å². The number of alkyl halides is 3. The van der Waals surface area contributed by atoms with Gasteiger partial charge in [-0.3, -0.25) is 0 Å². The lowest BCUT2D eigenvalue weighted by molar-refractivity contribution is -0.204. The second-order valence-electron chi connectivity index (χ2n) is 3.78. The molecular formula is C10H11F3O. The summed E-state index contributed by atoms with van der Waals surface area (Å²) in [7, 11) is 0. The van der Waals surface area contributed by atoms with Crippen molar-refractivity contribution in [1.82, 2.24) is 0 Å². The van der Waals surface area contributed by atoms with Gasteiger partial charge < -0.3 is 4.74 Å². The van der Waals surface area contributed by atoms with E-state index >= 15 is 0 Å². The number of allylic oxidation sites excluding steroid dienone is 3. The van der Waals surface area contributed by atoms with Crippen LogP contribution in [-0.4, -0.2) is 12.3 Å². The number of rotatable bonds is 0. The second kappa shape index (κ2) is 3.04. The van der Waals surface area contributed by atoms with Crippen LogP contribution in [0.15, 0.2) is 23.5 Å². The average molecular weight is 204 g/mol. The van der Waals surface area contributed by atoms with Gasteiger partial charge in [-0.15, -0.1) is 0 Å². The van der Waals surface area contributed by atoms with Crippen LogP contribution in [-0.2, 0) is 4.74 Å².